The molecule has 0 bridgehead atoms. The summed E-state index contributed by atoms with van der Waals surface area (Å²) in [4.78, 5) is 22.8. The molecule has 7 heteroatoms. The number of nitrogens with zero attached hydrogens (tertiary/aromatic N) is 4. The molecule has 5 aromatic rings. The maximum Gasteiger partial charge on any atom is 0.163 e. The van der Waals surface area contributed by atoms with Crippen molar-refractivity contribution in [3.63, 3.8) is 0 Å². The number of rotatable bonds is 4. The number of allylic oxidation sites excluding steroid dienone is 4. The van der Waals surface area contributed by atoms with Gasteiger partial charge in [-0.2, -0.15) is 0 Å². The van der Waals surface area contributed by atoms with Gasteiger partial charge in [0.25, 0.3) is 0 Å². The molecule has 5 heterocycles. The van der Waals surface area contributed by atoms with Crippen LogP contribution in [0.3, 0.4) is 0 Å². The Hall–Kier alpha value is -4.10. The minimum absolute atomic E-state index is 0.355. The number of pyridine rings is 2. The lowest BCUT2D eigenvalue weighted by Gasteiger charge is -2.20. The summed E-state index contributed by atoms with van der Waals surface area (Å²) in [5.41, 5.74) is 5.93. The van der Waals surface area contributed by atoms with Crippen LogP contribution in [0.5, 0.6) is 0 Å². The summed E-state index contributed by atoms with van der Waals surface area (Å²) in [7, 11) is 0. The molecule has 2 aliphatic rings. The smallest absolute Gasteiger partial charge is 0.163 e. The van der Waals surface area contributed by atoms with Gasteiger partial charge in [-0.15, -0.1) is 0 Å². The van der Waals surface area contributed by atoms with Gasteiger partial charge in [-0.1, -0.05) is 36.4 Å². The normalized spacial score (nSPS) is 17.9. The summed E-state index contributed by atoms with van der Waals surface area (Å²) < 4.78 is 0. The first-order valence-electron chi connectivity index (χ1n) is 12.2. The Balaban J connectivity index is 1.45. The second-order valence-corrected chi connectivity index (χ2v) is 9.23. The van der Waals surface area contributed by atoms with E-state index in [0.717, 1.165) is 87.7 Å². The highest BCUT2D eigenvalue weighted by molar-refractivity contribution is 6.12. The summed E-state index contributed by atoms with van der Waals surface area (Å²) in [6.07, 6.45) is 15.2. The average molecular weight is 460 g/mol. The van der Waals surface area contributed by atoms with Crippen molar-refractivity contribution in [1.82, 2.24) is 30.2 Å². The number of nitrogens with one attached hydrogen (secondary N) is 3. The van der Waals surface area contributed by atoms with Gasteiger partial charge in [0.15, 0.2) is 5.82 Å². The molecule has 0 radical (unpaired) electrons. The first-order chi connectivity index (χ1) is 17.3. The van der Waals surface area contributed by atoms with E-state index in [4.69, 9.17) is 9.97 Å². The second-order valence-electron chi connectivity index (χ2n) is 9.23. The Bertz CT molecular complexity index is 1640. The minimum atomic E-state index is 0.355. The number of hydrogen-bond acceptors (Lipinski definition) is 6. The predicted molar refractivity (Wildman–Crippen MR) is 141 cm³/mol. The summed E-state index contributed by atoms with van der Waals surface area (Å²) in [6.45, 7) is 2.08. The van der Waals surface area contributed by atoms with Crippen LogP contribution in [0.1, 0.15) is 24.8 Å². The van der Waals surface area contributed by atoms with E-state index in [1.54, 1.807) is 0 Å². The lowest BCUT2D eigenvalue weighted by Crippen LogP contribution is -2.22. The van der Waals surface area contributed by atoms with Gasteiger partial charge in [-0.05, 0) is 50.1 Å². The van der Waals surface area contributed by atoms with Crippen molar-refractivity contribution in [1.29, 1.82) is 0 Å². The largest absolute Gasteiger partial charge is 0.367 e. The maximum absolute atomic E-state index is 5.17. The number of H-pyrrole nitrogens is 1. The molecule has 7 rings (SSSR count). The van der Waals surface area contributed by atoms with E-state index in [1.807, 2.05) is 30.7 Å². The van der Waals surface area contributed by atoms with E-state index in [-0.39, 0.29) is 0 Å². The second kappa shape index (κ2) is 8.29. The molecule has 4 aromatic heterocycles. The molecule has 172 valence electrons. The Labute approximate surface area is 202 Å². The van der Waals surface area contributed by atoms with Gasteiger partial charge in [0.1, 0.15) is 11.5 Å². The zero-order chi connectivity index (χ0) is 23.2. The van der Waals surface area contributed by atoms with E-state index in [9.17, 15) is 0 Å². The SMILES string of the molecule is C1=CC(c2cncc3nc(-c4ccnc5[nH]c6ccccc6c45)nc(N[C@@H]4CCCNCC4)c23)=C1. The maximum atomic E-state index is 5.17. The van der Waals surface area contributed by atoms with Gasteiger partial charge < -0.3 is 15.6 Å². The van der Waals surface area contributed by atoms with Crippen LogP contribution in [0.15, 0.2) is 67.2 Å². The van der Waals surface area contributed by atoms with Crippen molar-refractivity contribution in [3.05, 3.63) is 72.7 Å². The molecule has 1 aliphatic heterocycles. The summed E-state index contributed by atoms with van der Waals surface area (Å²) in [5.74, 6) is 1.56. The van der Waals surface area contributed by atoms with E-state index in [2.05, 4.69) is 62.0 Å². The van der Waals surface area contributed by atoms with E-state index >= 15 is 0 Å². The number of aromatic nitrogens is 5. The van der Waals surface area contributed by atoms with Crippen molar-refractivity contribution < 1.29 is 0 Å². The van der Waals surface area contributed by atoms with Crippen LogP contribution in [0.4, 0.5) is 5.82 Å². The predicted octanol–water partition coefficient (Wildman–Crippen LogP) is 5.23. The topological polar surface area (TPSA) is 91.4 Å². The fourth-order valence-corrected chi connectivity index (χ4v) is 5.21. The number of fused-ring (bicyclic) bond motifs is 4. The van der Waals surface area contributed by atoms with Crippen molar-refractivity contribution in [2.24, 2.45) is 0 Å². The number of para-hydroxylation sites is 1. The van der Waals surface area contributed by atoms with Crippen LogP contribution >= 0.6 is 0 Å². The molecular weight excluding hydrogens is 434 g/mol. The van der Waals surface area contributed by atoms with Crippen molar-refractivity contribution in [2.45, 2.75) is 25.3 Å². The molecule has 1 fully saturated rings. The van der Waals surface area contributed by atoms with Crippen molar-refractivity contribution >= 4 is 44.2 Å². The fraction of sp³-hybridized carbons (Fsp3) is 0.214. The molecule has 1 saturated heterocycles. The molecule has 3 N–H and O–H groups in total. The lowest BCUT2D eigenvalue weighted by molar-refractivity contribution is 0.636. The molecule has 1 atom stereocenters. The highest BCUT2D eigenvalue weighted by atomic mass is 15.1. The van der Waals surface area contributed by atoms with E-state index < -0.39 is 0 Å². The Morgan fingerprint density at radius 2 is 1.89 bits per heavy atom. The average Bonchev–Trinajstić information content (AvgIpc) is 3.04. The standard InChI is InChI=1S/C28H25N7/c1-2-9-22-19(8-1)24-20(11-14-31-27(24)33-22)26-34-23-16-30-15-21(17-5-3-6-17)25(23)28(35-26)32-18-7-4-12-29-13-10-18/h1-3,5-6,8-9,11,14-16,18,29H,4,7,10,12-13H2,(H,31,33)(H,32,34,35)/t18-/m1/s1. The molecule has 35 heavy (non-hydrogen) atoms. The highest BCUT2D eigenvalue weighted by Crippen LogP contribution is 2.37. The van der Waals surface area contributed by atoms with Crippen LogP contribution in [0, 0.1) is 0 Å². The lowest BCUT2D eigenvalue weighted by atomic mass is 9.97. The highest BCUT2D eigenvalue weighted by Gasteiger charge is 2.21. The molecule has 1 aromatic carbocycles. The number of aromatic amines is 1. The fourth-order valence-electron chi connectivity index (χ4n) is 5.21. The van der Waals surface area contributed by atoms with Gasteiger partial charge in [0, 0.05) is 45.9 Å². The number of anilines is 1. The van der Waals surface area contributed by atoms with Gasteiger partial charge in [-0.3, -0.25) is 4.98 Å². The molecule has 0 saturated carbocycles. The Morgan fingerprint density at radius 3 is 2.80 bits per heavy atom. The van der Waals surface area contributed by atoms with Crippen LogP contribution < -0.4 is 10.6 Å². The monoisotopic (exact) mass is 459 g/mol. The third-order valence-electron chi connectivity index (χ3n) is 7.03. The summed E-state index contributed by atoms with van der Waals surface area (Å²) in [5, 5.41) is 10.5. The zero-order valence-corrected chi connectivity index (χ0v) is 19.3. The van der Waals surface area contributed by atoms with Gasteiger partial charge in [-0.25, -0.2) is 15.0 Å². The van der Waals surface area contributed by atoms with Crippen LogP contribution in [-0.4, -0.2) is 44.1 Å². The van der Waals surface area contributed by atoms with Gasteiger partial charge >= 0.3 is 0 Å². The van der Waals surface area contributed by atoms with E-state index in [1.165, 1.54) is 0 Å². The third kappa shape index (κ3) is 3.47. The Kier molecular flexibility index (Phi) is 4.80. The summed E-state index contributed by atoms with van der Waals surface area (Å²) >= 11 is 0. The summed E-state index contributed by atoms with van der Waals surface area (Å²) in [6, 6.07) is 10.6. The van der Waals surface area contributed by atoms with Gasteiger partial charge in [0.2, 0.25) is 0 Å². The van der Waals surface area contributed by atoms with Crippen LogP contribution in [-0.2, 0) is 0 Å². The quantitative estimate of drug-likeness (QED) is 0.341. The van der Waals surface area contributed by atoms with Crippen molar-refractivity contribution in [3.8, 4) is 11.4 Å². The molecule has 0 amide bonds. The molecule has 1 aliphatic carbocycles. The van der Waals surface area contributed by atoms with E-state index in [0.29, 0.717) is 11.9 Å². The first kappa shape index (κ1) is 20.3. The van der Waals surface area contributed by atoms with Crippen LogP contribution in [0.25, 0.3) is 49.8 Å². The third-order valence-corrected chi connectivity index (χ3v) is 7.03. The molecule has 0 spiro atoms. The number of benzene rings is 1. The molecular formula is C28H25N7. The molecule has 7 nitrogen and oxygen atoms in total. The van der Waals surface area contributed by atoms with Gasteiger partial charge in [0.05, 0.1) is 17.1 Å². The van der Waals surface area contributed by atoms with Crippen molar-refractivity contribution in [2.75, 3.05) is 18.4 Å². The molecule has 0 unspecified atom stereocenters. The minimum Gasteiger partial charge on any atom is -0.367 e. The number of hydrogen-bond donors (Lipinski definition) is 3. The zero-order valence-electron chi connectivity index (χ0n) is 19.3. The first-order valence-corrected chi connectivity index (χ1v) is 12.2. The Morgan fingerprint density at radius 1 is 0.943 bits per heavy atom. The van der Waals surface area contributed by atoms with Crippen LogP contribution in [0.2, 0.25) is 0 Å².